The van der Waals surface area contributed by atoms with Gasteiger partial charge in [-0.15, -0.1) is 0 Å². The summed E-state index contributed by atoms with van der Waals surface area (Å²) in [5.41, 5.74) is 2.80. The molecule has 0 heteroatoms. The zero-order chi connectivity index (χ0) is 20.1. The number of hydrogen-bond donors (Lipinski definition) is 0. The predicted octanol–water partition coefficient (Wildman–Crippen LogP) is 8.66. The first-order valence-corrected chi connectivity index (χ1v) is 12.9. The molecule has 0 nitrogen and oxygen atoms in total. The van der Waals surface area contributed by atoms with Gasteiger partial charge in [0.1, 0.15) is 0 Å². The van der Waals surface area contributed by atoms with Crippen LogP contribution in [-0.4, -0.2) is 0 Å². The third-order valence-electron chi connectivity index (χ3n) is 11.1. The zero-order valence-electron chi connectivity index (χ0n) is 19.7. The maximum atomic E-state index is 4.35. The summed E-state index contributed by atoms with van der Waals surface area (Å²) < 4.78 is 0. The van der Waals surface area contributed by atoms with Gasteiger partial charge in [-0.25, -0.2) is 0 Å². The lowest BCUT2D eigenvalue weighted by Crippen LogP contribution is -2.53. The average Bonchev–Trinajstić information content (AvgIpc) is 3.02. The van der Waals surface area contributed by atoms with E-state index in [0.29, 0.717) is 16.7 Å². The maximum Gasteiger partial charge on any atom is -0.0263 e. The van der Waals surface area contributed by atoms with Crippen molar-refractivity contribution in [3.05, 3.63) is 12.2 Å². The Balaban J connectivity index is 1.47. The van der Waals surface area contributed by atoms with E-state index in [9.17, 15) is 0 Å². The topological polar surface area (TPSA) is 0 Å². The van der Waals surface area contributed by atoms with Crippen molar-refractivity contribution in [3.63, 3.8) is 0 Å². The highest BCUT2D eigenvalue weighted by Gasteiger charge is 2.60. The highest BCUT2D eigenvalue weighted by molar-refractivity contribution is 5.09. The summed E-state index contributed by atoms with van der Waals surface area (Å²) in [6.45, 7) is 17.0. The van der Waals surface area contributed by atoms with Crippen LogP contribution in [0.15, 0.2) is 12.2 Å². The van der Waals surface area contributed by atoms with Crippen LogP contribution in [0.2, 0.25) is 0 Å². The average molecular weight is 385 g/mol. The number of fused-ring (bicyclic) bond motifs is 5. The lowest BCUT2D eigenvalue weighted by Gasteiger charge is -2.61. The second-order valence-electron chi connectivity index (χ2n) is 12.5. The Labute approximate surface area is 176 Å². The van der Waals surface area contributed by atoms with Crippen molar-refractivity contribution in [1.82, 2.24) is 0 Å². The molecule has 4 saturated carbocycles. The molecule has 0 aromatic rings. The number of hydrogen-bond acceptors (Lipinski definition) is 0. The quantitative estimate of drug-likeness (QED) is 0.416. The number of rotatable bonds is 5. The van der Waals surface area contributed by atoms with Gasteiger partial charge in [0.05, 0.1) is 0 Å². The molecular formula is C28H48. The Morgan fingerprint density at radius 1 is 0.857 bits per heavy atom. The lowest BCUT2D eigenvalue weighted by molar-refractivity contribution is -0.114. The lowest BCUT2D eigenvalue weighted by atomic mass is 9.44. The van der Waals surface area contributed by atoms with Gasteiger partial charge < -0.3 is 0 Å². The van der Waals surface area contributed by atoms with Gasteiger partial charge >= 0.3 is 0 Å². The first kappa shape index (κ1) is 21.0. The fourth-order valence-corrected chi connectivity index (χ4v) is 9.17. The molecule has 0 saturated heterocycles. The van der Waals surface area contributed by atoms with Crippen LogP contribution in [0.25, 0.3) is 0 Å². The standard InChI is InChI=1S/C28H48/c1-19(2)20(3)10-11-21(4)24-14-15-25-23-13-12-22-9-7-8-17-27(22,5)26(23)16-18-28(24,25)6/h19,21-26H,3,7-18H2,1-2,4-6H3/t21?,22?,23-,24+,25-,26-,27-,28+/m0/s1. The molecule has 160 valence electrons. The maximum absolute atomic E-state index is 4.35. The fraction of sp³-hybridized carbons (Fsp3) is 0.929. The van der Waals surface area contributed by atoms with E-state index in [0.717, 1.165) is 35.5 Å². The largest absolute Gasteiger partial charge is 0.0996 e. The van der Waals surface area contributed by atoms with Crippen molar-refractivity contribution in [2.75, 3.05) is 0 Å². The summed E-state index contributed by atoms with van der Waals surface area (Å²) in [7, 11) is 0. The second kappa shape index (κ2) is 7.77. The van der Waals surface area contributed by atoms with Crippen LogP contribution in [0, 0.1) is 52.3 Å². The zero-order valence-corrected chi connectivity index (χ0v) is 19.7. The van der Waals surface area contributed by atoms with Gasteiger partial charge in [-0.1, -0.05) is 59.6 Å². The van der Waals surface area contributed by atoms with Crippen LogP contribution in [0.1, 0.15) is 112 Å². The van der Waals surface area contributed by atoms with E-state index >= 15 is 0 Å². The molecule has 8 atom stereocenters. The highest BCUT2D eigenvalue weighted by Crippen LogP contribution is 2.68. The van der Waals surface area contributed by atoms with Gasteiger partial charge in [0.25, 0.3) is 0 Å². The van der Waals surface area contributed by atoms with Crippen molar-refractivity contribution in [1.29, 1.82) is 0 Å². The third-order valence-corrected chi connectivity index (χ3v) is 11.1. The van der Waals surface area contributed by atoms with Gasteiger partial charge in [0, 0.05) is 0 Å². The molecule has 0 aliphatic heterocycles. The fourth-order valence-electron chi connectivity index (χ4n) is 9.17. The molecule has 0 aromatic heterocycles. The van der Waals surface area contributed by atoms with Crippen molar-refractivity contribution < 1.29 is 0 Å². The third kappa shape index (κ3) is 3.33. The van der Waals surface area contributed by atoms with Gasteiger partial charge in [0.15, 0.2) is 0 Å². The molecular weight excluding hydrogens is 336 g/mol. The molecule has 0 heterocycles. The Morgan fingerprint density at radius 3 is 2.36 bits per heavy atom. The van der Waals surface area contributed by atoms with Crippen LogP contribution in [0.4, 0.5) is 0 Å². The van der Waals surface area contributed by atoms with Crippen LogP contribution in [0.3, 0.4) is 0 Å². The molecule has 28 heavy (non-hydrogen) atoms. The molecule has 4 aliphatic rings. The van der Waals surface area contributed by atoms with E-state index in [1.807, 2.05) is 0 Å². The molecule has 0 bridgehead atoms. The Morgan fingerprint density at radius 2 is 1.61 bits per heavy atom. The summed E-state index contributed by atoms with van der Waals surface area (Å²) in [6, 6.07) is 0. The molecule has 2 unspecified atom stereocenters. The Bertz CT molecular complexity index is 573. The van der Waals surface area contributed by atoms with E-state index in [1.54, 1.807) is 38.5 Å². The van der Waals surface area contributed by atoms with Gasteiger partial charge in [-0.2, -0.15) is 0 Å². The number of allylic oxidation sites excluding steroid dienone is 1. The highest BCUT2D eigenvalue weighted by atomic mass is 14.6. The summed E-state index contributed by atoms with van der Waals surface area (Å²) in [5, 5.41) is 0. The predicted molar refractivity (Wildman–Crippen MR) is 122 cm³/mol. The molecule has 4 fully saturated rings. The first-order chi connectivity index (χ1) is 13.3. The molecule has 4 rings (SSSR count). The SMILES string of the molecule is C=C(CCC(C)[C@H]1CC[C@H]2[C@@H]3CCC4CCCC[C@]4(C)[C@H]3CC[C@]12C)C(C)C. The van der Waals surface area contributed by atoms with Crippen molar-refractivity contribution in [3.8, 4) is 0 Å². The molecule has 0 spiro atoms. The summed E-state index contributed by atoms with van der Waals surface area (Å²) in [4.78, 5) is 0. The first-order valence-electron chi connectivity index (χ1n) is 12.9. The van der Waals surface area contributed by atoms with E-state index < -0.39 is 0 Å². The van der Waals surface area contributed by atoms with Crippen LogP contribution < -0.4 is 0 Å². The van der Waals surface area contributed by atoms with Crippen molar-refractivity contribution in [2.24, 2.45) is 52.3 Å². The summed E-state index contributed by atoms with van der Waals surface area (Å²) in [5.74, 6) is 6.71. The van der Waals surface area contributed by atoms with E-state index in [2.05, 4.69) is 41.2 Å². The monoisotopic (exact) mass is 384 g/mol. The van der Waals surface area contributed by atoms with E-state index in [-0.39, 0.29) is 0 Å². The van der Waals surface area contributed by atoms with Crippen LogP contribution in [0.5, 0.6) is 0 Å². The normalized spacial score (nSPS) is 46.6. The minimum atomic E-state index is 0.637. The van der Waals surface area contributed by atoms with E-state index in [1.165, 1.54) is 44.1 Å². The summed E-state index contributed by atoms with van der Waals surface area (Å²) in [6.07, 6.45) is 18.0. The molecule has 0 radical (unpaired) electrons. The minimum Gasteiger partial charge on any atom is -0.0996 e. The van der Waals surface area contributed by atoms with Crippen LogP contribution >= 0.6 is 0 Å². The second-order valence-corrected chi connectivity index (χ2v) is 12.5. The van der Waals surface area contributed by atoms with Gasteiger partial charge in [-0.05, 0) is 116 Å². The summed E-state index contributed by atoms with van der Waals surface area (Å²) >= 11 is 0. The van der Waals surface area contributed by atoms with E-state index in [4.69, 9.17) is 0 Å². The van der Waals surface area contributed by atoms with Crippen molar-refractivity contribution in [2.45, 2.75) is 112 Å². The van der Waals surface area contributed by atoms with Gasteiger partial charge in [-0.3, -0.25) is 0 Å². The van der Waals surface area contributed by atoms with Crippen LogP contribution in [-0.2, 0) is 0 Å². The Kier molecular flexibility index (Phi) is 5.83. The molecule has 0 N–H and O–H groups in total. The molecule has 0 aromatic carbocycles. The molecule has 4 aliphatic carbocycles. The van der Waals surface area contributed by atoms with Crippen molar-refractivity contribution >= 4 is 0 Å². The molecule has 0 amide bonds. The Hall–Kier alpha value is -0.260. The van der Waals surface area contributed by atoms with Gasteiger partial charge in [0.2, 0.25) is 0 Å². The smallest absolute Gasteiger partial charge is 0.0263 e. The minimum absolute atomic E-state index is 0.637.